The third-order valence-electron chi connectivity index (χ3n) is 5.27. The topological polar surface area (TPSA) is 32.7 Å². The van der Waals surface area contributed by atoms with Crippen LogP contribution in [0.2, 0.25) is 0 Å². The van der Waals surface area contributed by atoms with E-state index in [-0.39, 0.29) is 17.5 Å². The Labute approximate surface area is 149 Å². The smallest absolute Gasteiger partial charge is 0.169 e. The number of benzene rings is 2. The first-order chi connectivity index (χ1) is 12.0. The van der Waals surface area contributed by atoms with Gasteiger partial charge < -0.3 is 9.84 Å². The van der Waals surface area contributed by atoms with Gasteiger partial charge in [-0.25, -0.2) is 4.39 Å². The third-order valence-corrected chi connectivity index (χ3v) is 5.27. The van der Waals surface area contributed by atoms with E-state index in [9.17, 15) is 9.50 Å². The van der Waals surface area contributed by atoms with Gasteiger partial charge in [-0.1, -0.05) is 42.5 Å². The molecule has 0 unspecified atom stereocenters. The highest BCUT2D eigenvalue weighted by Gasteiger charge is 2.37. The Morgan fingerprint density at radius 3 is 2.68 bits per heavy atom. The molecule has 2 aromatic carbocycles. The van der Waals surface area contributed by atoms with Crippen molar-refractivity contribution >= 4 is 0 Å². The molecule has 0 radical (unpaired) electrons. The monoisotopic (exact) mass is 343 g/mol. The maximum atomic E-state index is 14.4. The Hall–Kier alpha value is -1.91. The van der Waals surface area contributed by atoms with Crippen LogP contribution in [0, 0.1) is 11.7 Å². The maximum absolute atomic E-state index is 14.4. The number of rotatable bonds is 5. The van der Waals surface area contributed by atoms with E-state index in [0.717, 1.165) is 19.5 Å². The van der Waals surface area contributed by atoms with Crippen molar-refractivity contribution < 1.29 is 14.2 Å². The van der Waals surface area contributed by atoms with E-state index in [1.54, 1.807) is 12.1 Å². The van der Waals surface area contributed by atoms with Gasteiger partial charge in [-0.05, 0) is 31.4 Å². The fourth-order valence-electron chi connectivity index (χ4n) is 3.59. The summed E-state index contributed by atoms with van der Waals surface area (Å²) in [5.74, 6) is 0.113. The molecule has 2 aromatic rings. The molecule has 0 spiro atoms. The minimum Gasteiger partial charge on any atom is -0.494 e. The lowest BCUT2D eigenvalue weighted by Gasteiger charge is -2.43. The molecule has 1 N–H and O–H groups in total. The van der Waals surface area contributed by atoms with Crippen molar-refractivity contribution in [3.63, 3.8) is 0 Å². The molecular formula is C21H26FNO2. The molecule has 1 heterocycles. The third kappa shape index (κ3) is 4.20. The van der Waals surface area contributed by atoms with E-state index in [4.69, 9.17) is 4.74 Å². The van der Waals surface area contributed by atoms with Crippen LogP contribution >= 0.6 is 0 Å². The summed E-state index contributed by atoms with van der Waals surface area (Å²) >= 11 is 0. The normalized spacial score (nSPS) is 24.2. The lowest BCUT2D eigenvalue weighted by molar-refractivity contribution is -0.0595. The van der Waals surface area contributed by atoms with E-state index in [1.807, 2.05) is 31.2 Å². The van der Waals surface area contributed by atoms with Gasteiger partial charge in [0.15, 0.2) is 11.6 Å². The van der Waals surface area contributed by atoms with Crippen LogP contribution in [-0.2, 0) is 13.0 Å². The first-order valence-corrected chi connectivity index (χ1v) is 8.79. The molecule has 0 amide bonds. The molecule has 1 fully saturated rings. The van der Waals surface area contributed by atoms with E-state index in [0.29, 0.717) is 18.5 Å². The Morgan fingerprint density at radius 2 is 1.96 bits per heavy atom. The van der Waals surface area contributed by atoms with Crippen LogP contribution in [-0.4, -0.2) is 35.8 Å². The summed E-state index contributed by atoms with van der Waals surface area (Å²) in [6, 6.07) is 15.5. The number of ether oxygens (including phenoxy) is 1. The summed E-state index contributed by atoms with van der Waals surface area (Å²) in [6.45, 7) is 3.96. The van der Waals surface area contributed by atoms with Gasteiger partial charge in [0.05, 0.1) is 12.7 Å². The molecule has 1 aliphatic heterocycles. The first kappa shape index (κ1) is 17.9. The Bertz CT molecular complexity index is 702. The number of likely N-dealkylation sites (tertiary alicyclic amines) is 1. The average Bonchev–Trinajstić information content (AvgIpc) is 2.61. The van der Waals surface area contributed by atoms with Crippen LogP contribution in [0.3, 0.4) is 0 Å². The lowest BCUT2D eigenvalue weighted by Crippen LogP contribution is -2.50. The number of hydrogen-bond donors (Lipinski definition) is 1. The second-order valence-corrected chi connectivity index (χ2v) is 7.16. The Kier molecular flexibility index (Phi) is 5.40. The van der Waals surface area contributed by atoms with Crippen molar-refractivity contribution in [1.29, 1.82) is 0 Å². The SMILES string of the molecule is COc1cccc(CN2CC[C@@](C)(O)[C@@H](Cc3ccccc3)C2)c1F. The quantitative estimate of drug-likeness (QED) is 0.899. The zero-order valence-corrected chi connectivity index (χ0v) is 14.9. The molecule has 3 nitrogen and oxygen atoms in total. The molecule has 4 heteroatoms. The van der Waals surface area contributed by atoms with Crippen LogP contribution in [0.4, 0.5) is 4.39 Å². The standard InChI is InChI=1S/C21H26FNO2/c1-21(24)11-12-23(14-17-9-6-10-19(25-2)20(17)22)15-18(21)13-16-7-4-3-5-8-16/h3-10,18,24H,11-15H2,1-2H3/t18-,21+/m0/s1. The highest BCUT2D eigenvalue weighted by atomic mass is 19.1. The zero-order valence-electron chi connectivity index (χ0n) is 14.9. The van der Waals surface area contributed by atoms with Gasteiger partial charge in [-0.2, -0.15) is 0 Å². The van der Waals surface area contributed by atoms with Crippen LogP contribution in [0.1, 0.15) is 24.5 Å². The molecule has 0 aliphatic carbocycles. The number of nitrogens with zero attached hydrogens (tertiary/aromatic N) is 1. The van der Waals surface area contributed by atoms with Gasteiger partial charge >= 0.3 is 0 Å². The molecule has 0 saturated carbocycles. The Balaban J connectivity index is 1.72. The zero-order chi connectivity index (χ0) is 17.9. The molecule has 2 atom stereocenters. The summed E-state index contributed by atoms with van der Waals surface area (Å²) in [6.07, 6.45) is 1.51. The summed E-state index contributed by atoms with van der Waals surface area (Å²) < 4.78 is 19.5. The highest BCUT2D eigenvalue weighted by Crippen LogP contribution is 2.32. The lowest BCUT2D eigenvalue weighted by atomic mass is 9.78. The number of aliphatic hydroxyl groups is 1. The second-order valence-electron chi connectivity index (χ2n) is 7.16. The number of halogens is 1. The molecule has 1 saturated heterocycles. The minimum atomic E-state index is -0.695. The highest BCUT2D eigenvalue weighted by molar-refractivity contribution is 5.31. The first-order valence-electron chi connectivity index (χ1n) is 8.79. The summed E-state index contributed by atoms with van der Waals surface area (Å²) in [4.78, 5) is 2.23. The van der Waals surface area contributed by atoms with Crippen LogP contribution < -0.4 is 4.74 Å². The van der Waals surface area contributed by atoms with Crippen LogP contribution in [0.15, 0.2) is 48.5 Å². The number of hydrogen-bond acceptors (Lipinski definition) is 3. The van der Waals surface area contributed by atoms with Gasteiger partial charge in [0.25, 0.3) is 0 Å². The average molecular weight is 343 g/mol. The van der Waals surface area contributed by atoms with Crippen LogP contribution in [0.5, 0.6) is 5.75 Å². The van der Waals surface area contributed by atoms with Crippen LogP contribution in [0.25, 0.3) is 0 Å². The number of piperidine rings is 1. The van der Waals surface area contributed by atoms with Gasteiger partial charge in [-0.15, -0.1) is 0 Å². The van der Waals surface area contributed by atoms with Crippen molar-refractivity contribution in [1.82, 2.24) is 4.90 Å². The van der Waals surface area contributed by atoms with Crippen molar-refractivity contribution in [3.8, 4) is 5.75 Å². The molecule has 0 aromatic heterocycles. The van der Waals surface area contributed by atoms with E-state index in [1.165, 1.54) is 12.7 Å². The van der Waals surface area contributed by atoms with Gasteiger partial charge in [0, 0.05) is 31.1 Å². The molecule has 134 valence electrons. The van der Waals surface area contributed by atoms with Gasteiger partial charge in [0.1, 0.15) is 0 Å². The van der Waals surface area contributed by atoms with Gasteiger partial charge in [0.2, 0.25) is 0 Å². The van der Waals surface area contributed by atoms with Crippen molar-refractivity contribution in [2.45, 2.75) is 31.9 Å². The maximum Gasteiger partial charge on any atom is 0.169 e. The fraction of sp³-hybridized carbons (Fsp3) is 0.429. The van der Waals surface area contributed by atoms with E-state index in [2.05, 4.69) is 17.0 Å². The predicted octanol–water partition coefficient (Wildman–Crippen LogP) is 3.65. The van der Waals surface area contributed by atoms with Gasteiger partial charge in [-0.3, -0.25) is 4.90 Å². The summed E-state index contributed by atoms with van der Waals surface area (Å²) in [5.41, 5.74) is 1.17. The molecule has 25 heavy (non-hydrogen) atoms. The Morgan fingerprint density at radius 1 is 1.20 bits per heavy atom. The number of methoxy groups -OCH3 is 1. The minimum absolute atomic E-state index is 0.123. The summed E-state index contributed by atoms with van der Waals surface area (Å²) in [5, 5.41) is 10.8. The van der Waals surface area contributed by atoms with Crippen molar-refractivity contribution in [2.75, 3.05) is 20.2 Å². The summed E-state index contributed by atoms with van der Waals surface area (Å²) in [7, 11) is 1.48. The predicted molar refractivity (Wildman–Crippen MR) is 97.1 cm³/mol. The molecular weight excluding hydrogens is 317 g/mol. The van der Waals surface area contributed by atoms with Crippen molar-refractivity contribution in [3.05, 3.63) is 65.5 Å². The molecule has 0 bridgehead atoms. The molecule has 3 rings (SSSR count). The van der Waals surface area contributed by atoms with E-state index < -0.39 is 5.60 Å². The molecule has 1 aliphatic rings. The van der Waals surface area contributed by atoms with Crippen molar-refractivity contribution in [2.24, 2.45) is 5.92 Å². The fourth-order valence-corrected chi connectivity index (χ4v) is 3.59. The van der Waals surface area contributed by atoms with E-state index >= 15 is 0 Å². The second kappa shape index (κ2) is 7.54. The largest absolute Gasteiger partial charge is 0.494 e.